The predicted octanol–water partition coefficient (Wildman–Crippen LogP) is 3.74. The first-order valence-electron chi connectivity index (χ1n) is 10.6. The number of aliphatic hydroxyl groups excluding tert-OH is 2. The zero-order chi connectivity index (χ0) is 23.4. The first-order valence-corrected chi connectivity index (χ1v) is 11.0. The molecule has 4 aromatic rings. The van der Waals surface area contributed by atoms with Crippen molar-refractivity contribution in [2.75, 3.05) is 5.73 Å². The van der Waals surface area contributed by atoms with E-state index in [0.29, 0.717) is 34.1 Å². The highest BCUT2D eigenvalue weighted by Gasteiger charge is 2.38. The van der Waals surface area contributed by atoms with E-state index in [1.165, 1.54) is 18.5 Å². The van der Waals surface area contributed by atoms with Gasteiger partial charge in [-0.2, -0.15) is 0 Å². The Balaban J connectivity index is 1.46. The van der Waals surface area contributed by atoms with Crippen molar-refractivity contribution in [3.05, 3.63) is 70.5 Å². The molecule has 0 amide bonds. The number of nitrogens with two attached hydrogens (primary N) is 1. The fourth-order valence-corrected chi connectivity index (χ4v) is 4.83. The Kier molecular flexibility index (Phi) is 5.31. The van der Waals surface area contributed by atoms with Crippen molar-refractivity contribution in [2.24, 2.45) is 5.92 Å². The van der Waals surface area contributed by atoms with Crippen molar-refractivity contribution < 1.29 is 14.6 Å². The summed E-state index contributed by atoms with van der Waals surface area (Å²) in [5, 5.41) is 23.0. The summed E-state index contributed by atoms with van der Waals surface area (Å²) in [6, 6.07) is 6.13. The van der Waals surface area contributed by atoms with Crippen molar-refractivity contribution in [2.45, 2.75) is 38.5 Å². The Labute approximate surface area is 194 Å². The summed E-state index contributed by atoms with van der Waals surface area (Å²) in [6.07, 6.45) is 3.60. The first-order chi connectivity index (χ1) is 15.7. The van der Waals surface area contributed by atoms with Gasteiger partial charge in [0.25, 0.3) is 0 Å². The molecule has 0 radical (unpaired) electrons. The topological polar surface area (TPSA) is 110 Å². The van der Waals surface area contributed by atoms with Crippen LogP contribution >= 0.6 is 11.6 Å². The lowest BCUT2D eigenvalue weighted by molar-refractivity contribution is 0.0293. The van der Waals surface area contributed by atoms with E-state index in [2.05, 4.69) is 15.0 Å². The van der Waals surface area contributed by atoms with Gasteiger partial charge < -0.3 is 20.5 Å². The number of fused-ring (bicyclic) bond motifs is 2. The molecule has 0 fully saturated rings. The molecule has 33 heavy (non-hydrogen) atoms. The smallest absolute Gasteiger partial charge is 0.144 e. The molecule has 3 aromatic heterocycles. The van der Waals surface area contributed by atoms with Gasteiger partial charge in [-0.15, -0.1) is 0 Å². The van der Waals surface area contributed by atoms with Crippen LogP contribution in [-0.4, -0.2) is 41.9 Å². The molecule has 5 rings (SSSR count). The normalized spacial score (nSPS) is 21.6. The number of nitrogen functional groups attached to an aromatic ring is 1. The van der Waals surface area contributed by atoms with Crippen molar-refractivity contribution in [1.29, 1.82) is 0 Å². The molecule has 3 heterocycles. The van der Waals surface area contributed by atoms with Crippen LogP contribution in [0.5, 0.6) is 0 Å². The maximum absolute atomic E-state index is 14.7. The molecule has 0 aliphatic heterocycles. The Morgan fingerprint density at radius 1 is 1.21 bits per heavy atom. The van der Waals surface area contributed by atoms with E-state index in [9.17, 15) is 14.6 Å². The van der Waals surface area contributed by atoms with Crippen LogP contribution in [0.2, 0.25) is 5.02 Å². The monoisotopic (exact) mass is 467 g/mol. The van der Waals surface area contributed by atoms with Crippen LogP contribution in [0, 0.1) is 18.7 Å². The van der Waals surface area contributed by atoms with Gasteiger partial charge in [-0.3, -0.25) is 0 Å². The van der Waals surface area contributed by atoms with Gasteiger partial charge in [0.1, 0.15) is 35.8 Å². The van der Waals surface area contributed by atoms with E-state index in [1.54, 1.807) is 6.07 Å². The third-order valence-corrected chi connectivity index (χ3v) is 6.75. The number of aryl methyl sites for hydroxylation is 1. The van der Waals surface area contributed by atoms with Crippen molar-refractivity contribution in [1.82, 2.24) is 19.5 Å². The number of hydrogen-bond donors (Lipinski definition) is 3. The predicted molar refractivity (Wildman–Crippen MR) is 125 cm³/mol. The quantitative estimate of drug-likeness (QED) is 0.394. The van der Waals surface area contributed by atoms with Crippen LogP contribution in [0.3, 0.4) is 0 Å². The molecule has 9 heteroatoms. The van der Waals surface area contributed by atoms with Gasteiger partial charge in [0, 0.05) is 17.0 Å². The number of nitrogens with zero attached hydrogens (tertiary/aromatic N) is 4. The third-order valence-electron chi connectivity index (χ3n) is 6.44. The van der Waals surface area contributed by atoms with Gasteiger partial charge in [0.05, 0.1) is 22.3 Å². The average Bonchev–Trinajstić information content (AvgIpc) is 3.32. The number of hydrogen-bond acceptors (Lipinski definition) is 6. The fourth-order valence-electron chi connectivity index (χ4n) is 4.68. The highest BCUT2D eigenvalue weighted by molar-refractivity contribution is 6.33. The number of halogens is 2. The van der Waals surface area contributed by atoms with Crippen molar-refractivity contribution >= 4 is 39.4 Å². The molecule has 0 bridgehead atoms. The molecule has 4 N–H and O–H groups in total. The molecule has 1 aliphatic carbocycles. The molecule has 0 saturated heterocycles. The van der Waals surface area contributed by atoms with Crippen LogP contribution in [0.1, 0.15) is 24.2 Å². The fraction of sp³-hybridized carbons (Fsp3) is 0.292. The Hall–Kier alpha value is -3.07. The SMILES string of the molecule is Cc1ncnc2c1ccn2C1C=C(C(C)Cc2cc(F)c3cc(Cl)c(N)nc3c2)C(O)C1O. The van der Waals surface area contributed by atoms with Gasteiger partial charge in [-0.1, -0.05) is 24.6 Å². The van der Waals surface area contributed by atoms with E-state index in [0.717, 1.165) is 11.1 Å². The molecule has 4 atom stereocenters. The summed E-state index contributed by atoms with van der Waals surface area (Å²) >= 11 is 5.98. The molecule has 1 aromatic carbocycles. The largest absolute Gasteiger partial charge is 0.388 e. The highest BCUT2D eigenvalue weighted by atomic mass is 35.5. The van der Waals surface area contributed by atoms with Crippen LogP contribution < -0.4 is 5.73 Å². The number of pyridine rings is 1. The molecular formula is C24H23ClFN5O2. The van der Waals surface area contributed by atoms with E-state index in [-0.39, 0.29) is 16.8 Å². The van der Waals surface area contributed by atoms with Crippen LogP contribution in [0.4, 0.5) is 10.2 Å². The van der Waals surface area contributed by atoms with Gasteiger partial charge in [0.2, 0.25) is 0 Å². The summed E-state index contributed by atoms with van der Waals surface area (Å²) in [6.45, 7) is 3.84. The lowest BCUT2D eigenvalue weighted by Crippen LogP contribution is -2.30. The van der Waals surface area contributed by atoms with Crippen molar-refractivity contribution in [3.8, 4) is 0 Å². The minimum Gasteiger partial charge on any atom is -0.388 e. The molecular weight excluding hydrogens is 445 g/mol. The van der Waals surface area contributed by atoms with Gasteiger partial charge >= 0.3 is 0 Å². The molecule has 0 spiro atoms. The number of aromatic nitrogens is 4. The van der Waals surface area contributed by atoms with E-state index >= 15 is 0 Å². The molecule has 7 nitrogen and oxygen atoms in total. The summed E-state index contributed by atoms with van der Waals surface area (Å²) < 4.78 is 16.5. The second-order valence-electron chi connectivity index (χ2n) is 8.62. The molecule has 0 saturated carbocycles. The summed E-state index contributed by atoms with van der Waals surface area (Å²) in [5.41, 5.74) is 9.16. The highest BCUT2D eigenvalue weighted by Crippen LogP contribution is 2.37. The van der Waals surface area contributed by atoms with Gasteiger partial charge in [-0.05, 0) is 54.7 Å². The maximum atomic E-state index is 14.7. The zero-order valence-electron chi connectivity index (χ0n) is 18.1. The first kappa shape index (κ1) is 21.8. The lowest BCUT2D eigenvalue weighted by atomic mass is 9.91. The second-order valence-corrected chi connectivity index (χ2v) is 9.02. The Morgan fingerprint density at radius 3 is 2.79 bits per heavy atom. The number of anilines is 1. The second kappa shape index (κ2) is 8.06. The average molecular weight is 468 g/mol. The van der Waals surface area contributed by atoms with Gasteiger partial charge in [0.15, 0.2) is 0 Å². The standard InChI is InChI=1S/C24H23ClFN5O2/c1-11(5-13-6-18(26)16-8-17(25)23(27)30-19(16)7-13)15-9-20(22(33)21(15)32)31-4-3-14-12(2)28-10-29-24(14)31/h3-4,6-11,20-22,32-33H,5H2,1-2H3,(H2,27,30). The Bertz CT molecular complexity index is 1420. The third kappa shape index (κ3) is 3.64. The molecule has 1 aliphatic rings. The van der Waals surface area contributed by atoms with Crippen LogP contribution in [0.25, 0.3) is 21.9 Å². The minimum absolute atomic E-state index is 0.145. The number of benzene rings is 1. The molecule has 4 unspecified atom stereocenters. The number of aliphatic hydroxyl groups is 2. The summed E-state index contributed by atoms with van der Waals surface area (Å²) in [5.74, 6) is -0.442. The van der Waals surface area contributed by atoms with Gasteiger partial charge in [-0.25, -0.2) is 19.3 Å². The maximum Gasteiger partial charge on any atom is 0.144 e. The lowest BCUT2D eigenvalue weighted by Gasteiger charge is -2.21. The Morgan fingerprint density at radius 2 is 2.00 bits per heavy atom. The number of rotatable bonds is 4. The van der Waals surface area contributed by atoms with Crippen molar-refractivity contribution in [3.63, 3.8) is 0 Å². The van der Waals surface area contributed by atoms with E-state index < -0.39 is 24.1 Å². The van der Waals surface area contributed by atoms with E-state index in [4.69, 9.17) is 17.3 Å². The van der Waals surface area contributed by atoms with E-state index in [1.807, 2.05) is 36.8 Å². The minimum atomic E-state index is -1.04. The van der Waals surface area contributed by atoms with Crippen LogP contribution in [0.15, 0.2) is 48.4 Å². The zero-order valence-corrected chi connectivity index (χ0v) is 18.8. The summed E-state index contributed by atoms with van der Waals surface area (Å²) in [4.78, 5) is 12.8. The molecule has 170 valence electrons. The van der Waals surface area contributed by atoms with Crippen LogP contribution in [-0.2, 0) is 6.42 Å². The summed E-state index contributed by atoms with van der Waals surface area (Å²) in [7, 11) is 0.